The Hall–Kier alpha value is -3.61. The number of furan rings is 1. The molecule has 0 fully saturated rings. The Balaban J connectivity index is 1.43. The Morgan fingerprint density at radius 3 is 2.81 bits per heavy atom. The molecular weight excluding hydrogens is 395 g/mol. The molecular formula is C24H23FN4O2. The molecule has 0 saturated heterocycles. The van der Waals surface area contributed by atoms with Crippen LogP contribution in [0.5, 0.6) is 0 Å². The lowest BCUT2D eigenvalue weighted by molar-refractivity contribution is 0.0709. The molecule has 31 heavy (non-hydrogen) atoms. The summed E-state index contributed by atoms with van der Waals surface area (Å²) in [5, 5.41) is 4.68. The van der Waals surface area contributed by atoms with E-state index in [0.717, 1.165) is 36.1 Å². The van der Waals surface area contributed by atoms with Crippen LogP contribution in [0.2, 0.25) is 0 Å². The van der Waals surface area contributed by atoms with Gasteiger partial charge in [0.1, 0.15) is 17.3 Å². The number of amides is 1. The predicted octanol–water partition coefficient (Wildman–Crippen LogP) is 4.48. The highest BCUT2D eigenvalue weighted by atomic mass is 19.1. The minimum atomic E-state index is -0.289. The SMILES string of the molecule is Cn1nc(CN(Cc2ccco2)C(=O)c2cc(-c3ccc(F)cc3)c[nH]2)c2c1CCC2. The van der Waals surface area contributed by atoms with Gasteiger partial charge in [-0.15, -0.1) is 0 Å². The summed E-state index contributed by atoms with van der Waals surface area (Å²) >= 11 is 0. The molecule has 0 saturated carbocycles. The van der Waals surface area contributed by atoms with Gasteiger partial charge in [0.2, 0.25) is 0 Å². The van der Waals surface area contributed by atoms with E-state index in [0.29, 0.717) is 24.5 Å². The van der Waals surface area contributed by atoms with Gasteiger partial charge in [0.25, 0.3) is 5.91 Å². The van der Waals surface area contributed by atoms with Crippen LogP contribution in [0.3, 0.4) is 0 Å². The number of hydrogen-bond acceptors (Lipinski definition) is 3. The van der Waals surface area contributed by atoms with Crippen molar-refractivity contribution in [3.8, 4) is 11.1 Å². The normalized spacial score (nSPS) is 12.8. The summed E-state index contributed by atoms with van der Waals surface area (Å²) in [6.07, 6.45) is 6.53. The molecule has 7 heteroatoms. The first kappa shape index (κ1) is 19.4. The molecule has 4 aromatic rings. The lowest BCUT2D eigenvalue weighted by Gasteiger charge is -2.20. The van der Waals surface area contributed by atoms with Crippen molar-refractivity contribution in [1.82, 2.24) is 19.7 Å². The number of hydrogen-bond donors (Lipinski definition) is 1. The molecule has 3 heterocycles. The molecule has 6 nitrogen and oxygen atoms in total. The Morgan fingerprint density at radius 1 is 1.19 bits per heavy atom. The average Bonchev–Trinajstić information content (AvgIpc) is 3.56. The maximum absolute atomic E-state index is 13.4. The van der Waals surface area contributed by atoms with Gasteiger partial charge in [-0.05, 0) is 66.3 Å². The van der Waals surface area contributed by atoms with Gasteiger partial charge in [-0.2, -0.15) is 5.10 Å². The molecule has 0 bridgehead atoms. The molecule has 0 atom stereocenters. The summed E-state index contributed by atoms with van der Waals surface area (Å²) in [6, 6.07) is 11.7. The van der Waals surface area contributed by atoms with Crippen molar-refractivity contribution in [2.75, 3.05) is 0 Å². The van der Waals surface area contributed by atoms with Crippen LogP contribution in [-0.4, -0.2) is 25.6 Å². The smallest absolute Gasteiger partial charge is 0.271 e. The first-order valence-electron chi connectivity index (χ1n) is 10.4. The van der Waals surface area contributed by atoms with E-state index >= 15 is 0 Å². The minimum Gasteiger partial charge on any atom is -0.467 e. The van der Waals surface area contributed by atoms with Crippen molar-refractivity contribution >= 4 is 5.91 Å². The molecule has 1 aromatic carbocycles. The third kappa shape index (κ3) is 3.79. The molecule has 1 aliphatic rings. The van der Waals surface area contributed by atoms with E-state index in [4.69, 9.17) is 4.42 Å². The van der Waals surface area contributed by atoms with E-state index in [-0.39, 0.29) is 11.7 Å². The third-order valence-electron chi connectivity index (χ3n) is 5.84. The van der Waals surface area contributed by atoms with Gasteiger partial charge in [0.05, 0.1) is 25.0 Å². The zero-order valence-corrected chi connectivity index (χ0v) is 17.3. The number of benzene rings is 1. The fourth-order valence-corrected chi connectivity index (χ4v) is 4.29. The summed E-state index contributed by atoms with van der Waals surface area (Å²) in [4.78, 5) is 18.3. The first-order valence-corrected chi connectivity index (χ1v) is 10.4. The number of rotatable bonds is 6. The van der Waals surface area contributed by atoms with Crippen LogP contribution in [0.15, 0.2) is 59.3 Å². The fourth-order valence-electron chi connectivity index (χ4n) is 4.29. The van der Waals surface area contributed by atoms with Gasteiger partial charge in [-0.3, -0.25) is 9.48 Å². The summed E-state index contributed by atoms with van der Waals surface area (Å²) in [7, 11) is 1.96. The van der Waals surface area contributed by atoms with E-state index < -0.39 is 0 Å². The maximum Gasteiger partial charge on any atom is 0.271 e. The molecule has 3 aromatic heterocycles. The zero-order valence-electron chi connectivity index (χ0n) is 17.3. The number of carbonyl (C=O) groups is 1. The van der Waals surface area contributed by atoms with Gasteiger partial charge in [-0.1, -0.05) is 12.1 Å². The number of nitrogens with zero attached hydrogens (tertiary/aromatic N) is 3. The number of fused-ring (bicyclic) bond motifs is 1. The summed E-state index contributed by atoms with van der Waals surface area (Å²) < 4.78 is 20.7. The molecule has 0 radical (unpaired) electrons. The van der Waals surface area contributed by atoms with Crippen molar-refractivity contribution in [2.24, 2.45) is 7.05 Å². The van der Waals surface area contributed by atoms with Crippen LogP contribution in [0.1, 0.15) is 39.6 Å². The second-order valence-corrected chi connectivity index (χ2v) is 7.90. The number of aromatic nitrogens is 3. The largest absolute Gasteiger partial charge is 0.467 e. The molecule has 1 amide bonds. The van der Waals surface area contributed by atoms with Crippen molar-refractivity contribution in [2.45, 2.75) is 32.4 Å². The summed E-state index contributed by atoms with van der Waals surface area (Å²) in [5.74, 6) is 0.288. The number of aromatic amines is 1. The van der Waals surface area contributed by atoms with Crippen LogP contribution in [0.25, 0.3) is 11.1 Å². The fraction of sp³-hybridized carbons (Fsp3) is 0.250. The summed E-state index contributed by atoms with van der Waals surface area (Å²) in [5.41, 5.74) is 5.62. The van der Waals surface area contributed by atoms with Gasteiger partial charge >= 0.3 is 0 Å². The van der Waals surface area contributed by atoms with Gasteiger partial charge in [0.15, 0.2) is 0 Å². The van der Waals surface area contributed by atoms with E-state index in [9.17, 15) is 9.18 Å². The van der Waals surface area contributed by atoms with Crippen molar-refractivity contribution in [1.29, 1.82) is 0 Å². The molecule has 5 rings (SSSR count). The maximum atomic E-state index is 13.4. The van der Waals surface area contributed by atoms with E-state index in [1.54, 1.807) is 35.6 Å². The molecule has 1 N–H and O–H groups in total. The monoisotopic (exact) mass is 418 g/mol. The van der Waals surface area contributed by atoms with Crippen LogP contribution >= 0.6 is 0 Å². The summed E-state index contributed by atoms with van der Waals surface area (Å²) in [6.45, 7) is 0.760. The molecule has 1 aliphatic carbocycles. The van der Waals surface area contributed by atoms with Crippen LogP contribution in [0, 0.1) is 5.82 Å². The topological polar surface area (TPSA) is 67.1 Å². The second-order valence-electron chi connectivity index (χ2n) is 7.90. The first-order chi connectivity index (χ1) is 15.1. The van der Waals surface area contributed by atoms with Gasteiger partial charge < -0.3 is 14.3 Å². The van der Waals surface area contributed by atoms with E-state index in [1.807, 2.05) is 23.9 Å². The average molecular weight is 418 g/mol. The Morgan fingerprint density at radius 2 is 2.03 bits per heavy atom. The highest BCUT2D eigenvalue weighted by Gasteiger charge is 2.26. The third-order valence-corrected chi connectivity index (χ3v) is 5.84. The number of H-pyrrole nitrogens is 1. The van der Waals surface area contributed by atoms with Crippen molar-refractivity contribution < 1.29 is 13.6 Å². The predicted molar refractivity (Wildman–Crippen MR) is 114 cm³/mol. The molecule has 0 spiro atoms. The van der Waals surface area contributed by atoms with Gasteiger partial charge in [0, 0.05) is 18.9 Å². The van der Waals surface area contributed by atoms with Gasteiger partial charge in [-0.25, -0.2) is 4.39 Å². The van der Waals surface area contributed by atoms with Crippen LogP contribution in [0.4, 0.5) is 4.39 Å². The molecule has 0 unspecified atom stereocenters. The number of nitrogens with one attached hydrogen (secondary N) is 1. The lowest BCUT2D eigenvalue weighted by Crippen LogP contribution is -2.30. The standard InChI is InChI=1S/C24H23FN4O2/c1-28-23-6-2-5-20(23)22(27-28)15-29(14-19-4-3-11-31-19)24(30)21-12-17(13-26-21)16-7-9-18(25)10-8-16/h3-4,7-13,26H,2,5-6,14-15H2,1H3. The number of aryl methyl sites for hydroxylation is 1. The Labute approximate surface area is 179 Å². The Bertz CT molecular complexity index is 1210. The molecule has 0 aliphatic heterocycles. The van der Waals surface area contributed by atoms with Crippen LogP contribution in [-0.2, 0) is 33.0 Å². The second kappa shape index (κ2) is 7.91. The van der Waals surface area contributed by atoms with Crippen LogP contribution < -0.4 is 0 Å². The number of halogens is 1. The quantitative estimate of drug-likeness (QED) is 0.502. The molecule has 158 valence electrons. The van der Waals surface area contributed by atoms with Crippen molar-refractivity contribution in [3.63, 3.8) is 0 Å². The van der Waals surface area contributed by atoms with E-state index in [1.165, 1.54) is 23.4 Å². The highest BCUT2D eigenvalue weighted by molar-refractivity contribution is 5.94. The minimum absolute atomic E-state index is 0.137. The van der Waals surface area contributed by atoms with Crippen molar-refractivity contribution in [3.05, 3.63) is 89.1 Å². The lowest BCUT2D eigenvalue weighted by atomic mass is 10.1. The Kier molecular flexibility index (Phi) is 4.94. The number of carbonyl (C=O) groups excluding carboxylic acids is 1. The van der Waals surface area contributed by atoms with E-state index in [2.05, 4.69) is 10.1 Å². The zero-order chi connectivity index (χ0) is 21.4. The highest BCUT2D eigenvalue weighted by Crippen LogP contribution is 2.27.